The molecular formula is C15H21NO4. The van der Waals surface area contributed by atoms with Crippen LogP contribution in [0.1, 0.15) is 19.8 Å². The van der Waals surface area contributed by atoms with E-state index in [1.807, 2.05) is 24.3 Å². The number of benzene rings is 1. The molecule has 0 bridgehead atoms. The van der Waals surface area contributed by atoms with E-state index in [0.717, 1.165) is 5.75 Å². The minimum Gasteiger partial charge on any atom is -0.486 e. The maximum Gasteiger partial charge on any atom is 0.222 e. The van der Waals surface area contributed by atoms with E-state index in [1.165, 1.54) is 0 Å². The van der Waals surface area contributed by atoms with Crippen LogP contribution in [-0.4, -0.2) is 48.3 Å². The summed E-state index contributed by atoms with van der Waals surface area (Å²) < 4.78 is 11.4. The van der Waals surface area contributed by atoms with Gasteiger partial charge in [-0.3, -0.25) is 4.79 Å². The van der Waals surface area contributed by atoms with Crippen LogP contribution < -0.4 is 9.47 Å². The standard InChI is InChI=1S/C15H21NO4/c1-11(17)7-8-15(18)16(2)9-12-10-19-13-5-3-4-6-14(13)20-12/h3-6,11-12,17H,7-10H2,1-2H3. The molecule has 0 saturated heterocycles. The van der Waals surface area contributed by atoms with Crippen LogP contribution in [-0.2, 0) is 4.79 Å². The second-order valence-corrected chi connectivity index (χ2v) is 5.16. The lowest BCUT2D eigenvalue weighted by atomic mass is 10.2. The van der Waals surface area contributed by atoms with E-state index in [-0.39, 0.29) is 12.0 Å². The predicted molar refractivity (Wildman–Crippen MR) is 74.9 cm³/mol. The molecule has 1 N–H and O–H groups in total. The van der Waals surface area contributed by atoms with Crippen LogP contribution in [0.2, 0.25) is 0 Å². The number of para-hydroxylation sites is 2. The van der Waals surface area contributed by atoms with Crippen molar-refractivity contribution in [3.05, 3.63) is 24.3 Å². The molecule has 0 aliphatic carbocycles. The summed E-state index contributed by atoms with van der Waals surface area (Å²) in [5.74, 6) is 1.47. The van der Waals surface area contributed by atoms with E-state index in [0.29, 0.717) is 31.7 Å². The molecule has 110 valence electrons. The van der Waals surface area contributed by atoms with E-state index in [9.17, 15) is 9.90 Å². The Bertz CT molecular complexity index is 461. The molecule has 5 nitrogen and oxygen atoms in total. The zero-order valence-corrected chi connectivity index (χ0v) is 11.9. The number of aliphatic hydroxyl groups excluding tert-OH is 1. The van der Waals surface area contributed by atoms with Gasteiger partial charge in [-0.05, 0) is 25.5 Å². The van der Waals surface area contributed by atoms with Crippen LogP contribution in [0.15, 0.2) is 24.3 Å². The highest BCUT2D eigenvalue weighted by molar-refractivity contribution is 5.75. The first-order valence-corrected chi connectivity index (χ1v) is 6.86. The number of rotatable bonds is 5. The Hall–Kier alpha value is -1.75. The first-order valence-electron chi connectivity index (χ1n) is 6.86. The van der Waals surface area contributed by atoms with Gasteiger partial charge in [0, 0.05) is 13.5 Å². The highest BCUT2D eigenvalue weighted by Gasteiger charge is 2.23. The number of amides is 1. The Morgan fingerprint density at radius 2 is 2.15 bits per heavy atom. The van der Waals surface area contributed by atoms with E-state index in [2.05, 4.69) is 0 Å². The van der Waals surface area contributed by atoms with Crippen molar-refractivity contribution in [1.82, 2.24) is 4.90 Å². The van der Waals surface area contributed by atoms with Gasteiger partial charge in [0.05, 0.1) is 12.6 Å². The average Bonchev–Trinajstić information content (AvgIpc) is 2.44. The minimum atomic E-state index is -0.450. The number of ether oxygens (including phenoxy) is 2. The van der Waals surface area contributed by atoms with Gasteiger partial charge in [0.15, 0.2) is 17.6 Å². The van der Waals surface area contributed by atoms with Crippen molar-refractivity contribution in [2.45, 2.75) is 32.0 Å². The van der Waals surface area contributed by atoms with Gasteiger partial charge in [0.25, 0.3) is 0 Å². The van der Waals surface area contributed by atoms with Crippen LogP contribution in [0.3, 0.4) is 0 Å². The maximum absolute atomic E-state index is 11.9. The summed E-state index contributed by atoms with van der Waals surface area (Å²) in [6.07, 6.45) is 0.214. The SMILES string of the molecule is CC(O)CCC(=O)N(C)CC1COc2ccccc2O1. The summed E-state index contributed by atoms with van der Waals surface area (Å²) >= 11 is 0. The lowest BCUT2D eigenvalue weighted by Crippen LogP contribution is -2.41. The van der Waals surface area contributed by atoms with Crippen molar-refractivity contribution in [3.8, 4) is 11.5 Å². The maximum atomic E-state index is 11.9. The first-order chi connectivity index (χ1) is 9.56. The predicted octanol–water partition coefficient (Wildman–Crippen LogP) is 1.45. The van der Waals surface area contributed by atoms with Gasteiger partial charge in [-0.1, -0.05) is 12.1 Å². The van der Waals surface area contributed by atoms with Crippen LogP contribution in [0, 0.1) is 0 Å². The molecule has 1 aromatic rings. The van der Waals surface area contributed by atoms with Crippen molar-refractivity contribution in [1.29, 1.82) is 0 Å². The molecule has 0 radical (unpaired) electrons. The number of aliphatic hydroxyl groups is 1. The molecular weight excluding hydrogens is 258 g/mol. The summed E-state index contributed by atoms with van der Waals surface area (Å²) in [5, 5.41) is 9.20. The molecule has 20 heavy (non-hydrogen) atoms. The minimum absolute atomic E-state index is 0.00774. The van der Waals surface area contributed by atoms with Crippen molar-refractivity contribution in [2.24, 2.45) is 0 Å². The fraction of sp³-hybridized carbons (Fsp3) is 0.533. The molecule has 1 aliphatic heterocycles. The van der Waals surface area contributed by atoms with Crippen molar-refractivity contribution < 1.29 is 19.4 Å². The van der Waals surface area contributed by atoms with E-state index in [4.69, 9.17) is 9.47 Å². The third kappa shape index (κ3) is 3.87. The second kappa shape index (κ2) is 6.61. The number of nitrogens with zero attached hydrogens (tertiary/aromatic N) is 1. The van der Waals surface area contributed by atoms with Gasteiger partial charge in [0.2, 0.25) is 5.91 Å². The van der Waals surface area contributed by atoms with Gasteiger partial charge < -0.3 is 19.5 Å². The van der Waals surface area contributed by atoms with Crippen molar-refractivity contribution in [3.63, 3.8) is 0 Å². The Labute approximate surface area is 119 Å². The van der Waals surface area contributed by atoms with Gasteiger partial charge in [-0.25, -0.2) is 0 Å². The van der Waals surface area contributed by atoms with Crippen LogP contribution in [0.4, 0.5) is 0 Å². The average molecular weight is 279 g/mol. The molecule has 0 spiro atoms. The van der Waals surface area contributed by atoms with Crippen LogP contribution >= 0.6 is 0 Å². The highest BCUT2D eigenvalue weighted by Crippen LogP contribution is 2.30. The summed E-state index contributed by atoms with van der Waals surface area (Å²) in [4.78, 5) is 13.5. The molecule has 0 aromatic heterocycles. The number of carbonyl (C=O) groups is 1. The number of fused-ring (bicyclic) bond motifs is 1. The second-order valence-electron chi connectivity index (χ2n) is 5.16. The fourth-order valence-electron chi connectivity index (χ4n) is 2.08. The fourth-order valence-corrected chi connectivity index (χ4v) is 2.08. The van der Waals surface area contributed by atoms with Gasteiger partial charge >= 0.3 is 0 Å². The Kier molecular flexibility index (Phi) is 4.84. The van der Waals surface area contributed by atoms with E-state index >= 15 is 0 Å². The molecule has 0 saturated carbocycles. The quantitative estimate of drug-likeness (QED) is 0.886. The summed E-state index contributed by atoms with van der Waals surface area (Å²) in [6.45, 7) is 2.60. The molecule has 5 heteroatoms. The zero-order chi connectivity index (χ0) is 14.5. The Morgan fingerprint density at radius 1 is 1.45 bits per heavy atom. The molecule has 1 amide bonds. The monoisotopic (exact) mass is 279 g/mol. The smallest absolute Gasteiger partial charge is 0.222 e. The molecule has 1 aromatic carbocycles. The molecule has 1 aliphatic rings. The highest BCUT2D eigenvalue weighted by atomic mass is 16.6. The lowest BCUT2D eigenvalue weighted by Gasteiger charge is -2.29. The van der Waals surface area contributed by atoms with Crippen LogP contribution in [0.25, 0.3) is 0 Å². The number of hydrogen-bond acceptors (Lipinski definition) is 4. The third-order valence-electron chi connectivity index (χ3n) is 3.25. The van der Waals surface area contributed by atoms with Crippen molar-refractivity contribution >= 4 is 5.91 Å². The molecule has 0 fully saturated rings. The van der Waals surface area contributed by atoms with E-state index in [1.54, 1.807) is 18.9 Å². The number of carbonyl (C=O) groups excluding carboxylic acids is 1. The Morgan fingerprint density at radius 3 is 2.85 bits per heavy atom. The lowest BCUT2D eigenvalue weighted by molar-refractivity contribution is -0.131. The summed E-state index contributed by atoms with van der Waals surface area (Å²) in [7, 11) is 1.74. The van der Waals surface area contributed by atoms with Crippen molar-refractivity contribution in [2.75, 3.05) is 20.2 Å². The van der Waals surface area contributed by atoms with Gasteiger partial charge in [-0.2, -0.15) is 0 Å². The normalized spacial score (nSPS) is 18.4. The molecule has 2 unspecified atom stereocenters. The molecule has 2 rings (SSSR count). The zero-order valence-electron chi connectivity index (χ0n) is 11.9. The first kappa shape index (κ1) is 14.7. The largest absolute Gasteiger partial charge is 0.486 e. The summed E-state index contributed by atoms with van der Waals surface area (Å²) in [6, 6.07) is 7.51. The van der Waals surface area contributed by atoms with E-state index < -0.39 is 6.10 Å². The Balaban J connectivity index is 1.84. The third-order valence-corrected chi connectivity index (χ3v) is 3.25. The van der Waals surface area contributed by atoms with Gasteiger partial charge in [-0.15, -0.1) is 0 Å². The number of hydrogen-bond donors (Lipinski definition) is 1. The number of likely N-dealkylation sites (N-methyl/N-ethyl adjacent to an activating group) is 1. The topological polar surface area (TPSA) is 59.0 Å². The summed E-state index contributed by atoms with van der Waals surface area (Å²) in [5.41, 5.74) is 0. The molecule has 2 atom stereocenters. The molecule has 1 heterocycles. The van der Waals surface area contributed by atoms with Gasteiger partial charge in [0.1, 0.15) is 6.61 Å². The van der Waals surface area contributed by atoms with Crippen LogP contribution in [0.5, 0.6) is 11.5 Å².